The maximum atomic E-state index is 14.1. The number of nitrogens with one attached hydrogen (secondary N) is 3. The molecule has 156 valence electrons. The molecule has 1 fully saturated rings. The Morgan fingerprint density at radius 3 is 2.34 bits per heavy atom. The number of halogens is 1. The summed E-state index contributed by atoms with van der Waals surface area (Å²) in [5.74, 6) is -1.49. The van der Waals surface area contributed by atoms with E-state index < -0.39 is 21.7 Å². The summed E-state index contributed by atoms with van der Waals surface area (Å²) >= 11 is 0. The maximum absolute atomic E-state index is 14.1. The average molecular weight is 420 g/mol. The van der Waals surface area contributed by atoms with Crippen LogP contribution in [0.1, 0.15) is 49.4 Å². The smallest absolute Gasteiger partial charge is 0.258 e. The van der Waals surface area contributed by atoms with Crippen LogP contribution in [0.2, 0.25) is 0 Å². The molecule has 0 radical (unpaired) electrons. The van der Waals surface area contributed by atoms with E-state index in [1.54, 1.807) is 19.1 Å². The van der Waals surface area contributed by atoms with Crippen molar-refractivity contribution in [3.8, 4) is 0 Å². The fourth-order valence-corrected chi connectivity index (χ4v) is 4.52. The lowest BCUT2D eigenvalue weighted by molar-refractivity contribution is 0.102. The quantitative estimate of drug-likeness (QED) is 0.630. The molecule has 0 atom stereocenters. The Kier molecular flexibility index (Phi) is 6.87. The van der Waals surface area contributed by atoms with Gasteiger partial charge in [-0.3, -0.25) is 4.79 Å². The summed E-state index contributed by atoms with van der Waals surface area (Å²) in [6, 6.07) is 10.8. The van der Waals surface area contributed by atoms with Gasteiger partial charge in [0, 0.05) is 24.0 Å². The first-order valence-corrected chi connectivity index (χ1v) is 11.3. The second kappa shape index (κ2) is 9.37. The highest BCUT2D eigenvalue weighted by Crippen LogP contribution is 2.23. The predicted molar refractivity (Wildman–Crippen MR) is 112 cm³/mol. The lowest BCUT2D eigenvalue weighted by Crippen LogP contribution is -2.24. The molecule has 8 heteroatoms. The molecule has 0 saturated heterocycles. The van der Waals surface area contributed by atoms with Gasteiger partial charge in [-0.05, 0) is 55.3 Å². The summed E-state index contributed by atoms with van der Waals surface area (Å²) < 4.78 is 40.7. The van der Waals surface area contributed by atoms with Crippen molar-refractivity contribution < 1.29 is 17.6 Å². The maximum Gasteiger partial charge on any atom is 0.258 e. The molecule has 0 aromatic heterocycles. The molecule has 1 aliphatic carbocycles. The van der Waals surface area contributed by atoms with E-state index in [-0.39, 0.29) is 17.0 Å². The Hall–Kier alpha value is -2.45. The number of carbonyl (C=O) groups excluding carboxylic acids is 1. The molecule has 2 aromatic rings. The zero-order valence-electron chi connectivity index (χ0n) is 16.4. The van der Waals surface area contributed by atoms with Crippen molar-refractivity contribution in [2.24, 2.45) is 0 Å². The van der Waals surface area contributed by atoms with Gasteiger partial charge >= 0.3 is 0 Å². The molecule has 1 amide bonds. The Labute approximate surface area is 171 Å². The van der Waals surface area contributed by atoms with Crippen molar-refractivity contribution in [3.63, 3.8) is 0 Å². The Morgan fingerprint density at radius 2 is 1.69 bits per heavy atom. The first-order chi connectivity index (χ1) is 13.9. The van der Waals surface area contributed by atoms with Gasteiger partial charge in [-0.15, -0.1) is 0 Å². The van der Waals surface area contributed by atoms with Crippen molar-refractivity contribution in [1.29, 1.82) is 0 Å². The Bertz CT molecular complexity index is 956. The first-order valence-electron chi connectivity index (χ1n) is 9.86. The van der Waals surface area contributed by atoms with E-state index in [0.29, 0.717) is 11.7 Å². The van der Waals surface area contributed by atoms with E-state index >= 15 is 0 Å². The van der Waals surface area contributed by atoms with E-state index in [2.05, 4.69) is 15.4 Å². The molecular weight excluding hydrogens is 393 g/mol. The number of sulfonamides is 1. The van der Waals surface area contributed by atoms with Gasteiger partial charge in [-0.2, -0.15) is 0 Å². The molecule has 29 heavy (non-hydrogen) atoms. The third kappa shape index (κ3) is 5.55. The summed E-state index contributed by atoms with van der Waals surface area (Å²) in [7, 11) is -3.78. The highest BCUT2D eigenvalue weighted by atomic mass is 32.2. The van der Waals surface area contributed by atoms with Crippen LogP contribution in [0.15, 0.2) is 47.4 Å². The number of amides is 1. The molecule has 6 nitrogen and oxygen atoms in total. The lowest BCUT2D eigenvalue weighted by Gasteiger charge is -2.23. The zero-order chi connectivity index (χ0) is 20.9. The summed E-state index contributed by atoms with van der Waals surface area (Å²) in [5.41, 5.74) is 1.15. The first kappa shape index (κ1) is 21.3. The second-order valence-corrected chi connectivity index (χ2v) is 8.92. The number of carbonyl (C=O) groups is 1. The topological polar surface area (TPSA) is 87.3 Å². The molecule has 1 saturated carbocycles. The van der Waals surface area contributed by atoms with Crippen LogP contribution in [0, 0.1) is 5.82 Å². The molecule has 0 unspecified atom stereocenters. The normalized spacial score (nSPS) is 15.1. The monoisotopic (exact) mass is 419 g/mol. The third-order valence-corrected chi connectivity index (χ3v) is 6.49. The van der Waals surface area contributed by atoms with Gasteiger partial charge in [0.2, 0.25) is 10.0 Å². The molecule has 1 aliphatic rings. The number of hydrogen-bond acceptors (Lipinski definition) is 4. The Morgan fingerprint density at radius 1 is 1.03 bits per heavy atom. The second-order valence-electron chi connectivity index (χ2n) is 7.15. The SMILES string of the molecule is CCNS(=O)(=O)c1ccc(F)c(C(=O)Nc2ccc(NC3CCCCC3)cc2)c1. The largest absolute Gasteiger partial charge is 0.382 e. The van der Waals surface area contributed by atoms with Crippen LogP contribution in [-0.2, 0) is 10.0 Å². The van der Waals surface area contributed by atoms with E-state index in [1.165, 1.54) is 19.3 Å². The van der Waals surface area contributed by atoms with Crippen LogP contribution >= 0.6 is 0 Å². The van der Waals surface area contributed by atoms with Gasteiger partial charge in [0.05, 0.1) is 10.5 Å². The summed E-state index contributed by atoms with van der Waals surface area (Å²) in [5, 5.41) is 6.11. The molecule has 0 bridgehead atoms. The molecule has 0 heterocycles. The van der Waals surface area contributed by atoms with Gasteiger partial charge in [0.15, 0.2) is 0 Å². The minimum absolute atomic E-state index is 0.155. The predicted octanol–water partition coefficient (Wildman–Crippen LogP) is 4.12. The molecule has 0 spiro atoms. The third-order valence-electron chi connectivity index (χ3n) is 4.95. The van der Waals surface area contributed by atoms with Crippen molar-refractivity contribution in [1.82, 2.24) is 4.72 Å². The van der Waals surface area contributed by atoms with E-state index in [0.717, 1.165) is 36.7 Å². The van der Waals surface area contributed by atoms with Crippen LogP contribution < -0.4 is 15.4 Å². The van der Waals surface area contributed by atoms with Gasteiger partial charge < -0.3 is 10.6 Å². The fourth-order valence-electron chi connectivity index (χ4n) is 3.45. The van der Waals surface area contributed by atoms with Crippen molar-refractivity contribution in [2.75, 3.05) is 17.2 Å². The zero-order valence-corrected chi connectivity index (χ0v) is 17.2. The average Bonchev–Trinajstić information content (AvgIpc) is 2.70. The van der Waals surface area contributed by atoms with Gasteiger partial charge in [-0.1, -0.05) is 26.2 Å². The highest BCUT2D eigenvalue weighted by Gasteiger charge is 2.19. The molecule has 2 aromatic carbocycles. The fraction of sp³-hybridized carbons (Fsp3) is 0.381. The van der Waals surface area contributed by atoms with E-state index in [9.17, 15) is 17.6 Å². The number of benzene rings is 2. The molecule has 0 aliphatic heterocycles. The molecule has 3 rings (SSSR count). The standard InChI is InChI=1S/C21H26FN3O3S/c1-2-23-29(27,28)18-12-13-20(22)19(14-18)21(26)25-17-10-8-16(9-11-17)24-15-6-4-3-5-7-15/h8-15,23-24H,2-7H2,1H3,(H,25,26). The van der Waals surface area contributed by atoms with Crippen LogP contribution in [0.25, 0.3) is 0 Å². The molecular formula is C21H26FN3O3S. The van der Waals surface area contributed by atoms with Crippen LogP contribution in [0.3, 0.4) is 0 Å². The number of hydrogen-bond donors (Lipinski definition) is 3. The highest BCUT2D eigenvalue weighted by molar-refractivity contribution is 7.89. The van der Waals surface area contributed by atoms with Gasteiger partial charge in [0.25, 0.3) is 5.91 Å². The number of anilines is 2. The van der Waals surface area contributed by atoms with Crippen molar-refractivity contribution in [2.45, 2.75) is 50.0 Å². The lowest BCUT2D eigenvalue weighted by atomic mass is 9.95. The van der Waals surface area contributed by atoms with Crippen LogP contribution in [-0.4, -0.2) is 26.9 Å². The summed E-state index contributed by atoms with van der Waals surface area (Å²) in [6.45, 7) is 1.84. The van der Waals surface area contributed by atoms with Crippen LogP contribution in [0.4, 0.5) is 15.8 Å². The van der Waals surface area contributed by atoms with Crippen LogP contribution in [0.5, 0.6) is 0 Å². The summed E-state index contributed by atoms with van der Waals surface area (Å²) in [6.07, 6.45) is 6.07. The minimum Gasteiger partial charge on any atom is -0.382 e. The van der Waals surface area contributed by atoms with E-state index in [4.69, 9.17) is 0 Å². The van der Waals surface area contributed by atoms with Crippen molar-refractivity contribution >= 4 is 27.3 Å². The van der Waals surface area contributed by atoms with Gasteiger partial charge in [0.1, 0.15) is 5.82 Å². The molecule has 3 N–H and O–H groups in total. The van der Waals surface area contributed by atoms with Gasteiger partial charge in [-0.25, -0.2) is 17.5 Å². The van der Waals surface area contributed by atoms with Crippen molar-refractivity contribution in [3.05, 3.63) is 53.8 Å². The Balaban J connectivity index is 1.69. The van der Waals surface area contributed by atoms with E-state index in [1.807, 2.05) is 12.1 Å². The number of rotatable bonds is 7. The summed E-state index contributed by atoms with van der Waals surface area (Å²) in [4.78, 5) is 12.3. The minimum atomic E-state index is -3.78.